The van der Waals surface area contributed by atoms with Crippen LogP contribution in [0.15, 0.2) is 48.5 Å². The summed E-state index contributed by atoms with van der Waals surface area (Å²) in [6.07, 6.45) is -1.14. The zero-order chi connectivity index (χ0) is 22.3. The maximum Gasteiger partial charge on any atom is 0.326 e. The van der Waals surface area contributed by atoms with Gasteiger partial charge in [0.15, 0.2) is 11.9 Å². The average molecular weight is 413 g/mol. The Labute approximate surface area is 171 Å². The van der Waals surface area contributed by atoms with Crippen molar-refractivity contribution in [3.63, 3.8) is 0 Å². The normalized spacial score (nSPS) is 11.1. The molecule has 30 heavy (non-hydrogen) atoms. The van der Waals surface area contributed by atoms with E-state index in [1.54, 1.807) is 24.3 Å². The second-order valence-corrected chi connectivity index (χ2v) is 6.24. The number of amides is 2. The van der Waals surface area contributed by atoms with Crippen molar-refractivity contribution in [1.82, 2.24) is 5.32 Å². The number of Topliss-reactive ketones (excluding diaryl/α,β-unsaturated/α-hetero) is 1. The number of hydrogen-bond acceptors (Lipinski definition) is 7. The van der Waals surface area contributed by atoms with Crippen molar-refractivity contribution in [1.29, 1.82) is 0 Å². The number of nitrogens with one attached hydrogen (secondary N) is 2. The highest BCUT2D eigenvalue weighted by Crippen LogP contribution is 2.13. The molecule has 0 aliphatic carbocycles. The van der Waals surface area contributed by atoms with E-state index in [4.69, 9.17) is 4.74 Å². The highest BCUT2D eigenvalue weighted by Gasteiger charge is 2.19. The third kappa shape index (κ3) is 6.23. The zero-order valence-corrected chi connectivity index (χ0v) is 16.2. The Kier molecular flexibility index (Phi) is 7.34. The van der Waals surface area contributed by atoms with Crippen LogP contribution in [0.25, 0.3) is 0 Å². The predicted octanol–water partition coefficient (Wildman–Crippen LogP) is 2.10. The summed E-state index contributed by atoms with van der Waals surface area (Å²) in [5.41, 5.74) is 0.669. The Morgan fingerprint density at radius 1 is 1.07 bits per heavy atom. The van der Waals surface area contributed by atoms with E-state index in [0.29, 0.717) is 11.3 Å². The molecule has 2 aromatic rings. The molecule has 0 fully saturated rings. The fourth-order valence-corrected chi connectivity index (χ4v) is 2.34. The highest BCUT2D eigenvalue weighted by atomic mass is 16.6. The molecule has 0 saturated heterocycles. The SMILES string of the molecule is CC(=O)c1ccc(NC(=O)[C@@H](C)OC(=O)CNC(=O)c2cccc([N+](=O)[O-])c2)cc1. The molecule has 0 saturated carbocycles. The number of carbonyl (C=O) groups is 4. The first-order chi connectivity index (χ1) is 14.2. The lowest BCUT2D eigenvalue weighted by atomic mass is 10.1. The molecular weight excluding hydrogens is 394 g/mol. The van der Waals surface area contributed by atoms with Crippen LogP contribution in [0.1, 0.15) is 34.6 Å². The van der Waals surface area contributed by atoms with E-state index in [1.807, 2.05) is 0 Å². The van der Waals surface area contributed by atoms with Gasteiger partial charge in [-0.2, -0.15) is 0 Å². The van der Waals surface area contributed by atoms with E-state index in [2.05, 4.69) is 10.6 Å². The lowest BCUT2D eigenvalue weighted by Crippen LogP contribution is -2.35. The topological polar surface area (TPSA) is 145 Å². The largest absolute Gasteiger partial charge is 0.451 e. The summed E-state index contributed by atoms with van der Waals surface area (Å²) in [6.45, 7) is 2.26. The number of carbonyl (C=O) groups excluding carboxylic acids is 4. The van der Waals surface area contributed by atoms with Crippen LogP contribution in [-0.4, -0.2) is 41.1 Å². The van der Waals surface area contributed by atoms with Crippen molar-refractivity contribution in [3.05, 3.63) is 69.8 Å². The third-order valence-corrected chi connectivity index (χ3v) is 3.95. The van der Waals surface area contributed by atoms with E-state index in [-0.39, 0.29) is 17.0 Å². The average Bonchev–Trinajstić information content (AvgIpc) is 2.72. The van der Waals surface area contributed by atoms with Crippen LogP contribution in [0.5, 0.6) is 0 Å². The van der Waals surface area contributed by atoms with Crippen molar-refractivity contribution < 1.29 is 28.8 Å². The molecule has 2 amide bonds. The number of nitrogens with zero attached hydrogens (tertiary/aromatic N) is 1. The minimum absolute atomic E-state index is 0.0109. The second kappa shape index (κ2) is 9.92. The Hall–Kier alpha value is -4.08. The van der Waals surface area contributed by atoms with E-state index < -0.39 is 35.4 Å². The molecule has 2 aromatic carbocycles. The summed E-state index contributed by atoms with van der Waals surface area (Å²) in [5, 5.41) is 15.6. The van der Waals surface area contributed by atoms with Gasteiger partial charge in [-0.05, 0) is 44.2 Å². The number of non-ortho nitro benzene ring substituents is 1. The summed E-state index contributed by atoms with van der Waals surface area (Å²) in [5.74, 6) is -2.26. The number of nitro groups is 1. The first-order valence-electron chi connectivity index (χ1n) is 8.81. The molecule has 156 valence electrons. The van der Waals surface area contributed by atoms with Crippen molar-refractivity contribution in [3.8, 4) is 0 Å². The molecule has 2 rings (SSSR count). The number of esters is 1. The monoisotopic (exact) mass is 413 g/mol. The Balaban J connectivity index is 1.84. The molecular formula is C20H19N3O7. The van der Waals surface area contributed by atoms with Crippen LogP contribution in [-0.2, 0) is 14.3 Å². The van der Waals surface area contributed by atoms with Gasteiger partial charge < -0.3 is 15.4 Å². The number of benzene rings is 2. The lowest BCUT2D eigenvalue weighted by Gasteiger charge is -2.14. The van der Waals surface area contributed by atoms with Crippen LogP contribution < -0.4 is 10.6 Å². The van der Waals surface area contributed by atoms with Gasteiger partial charge in [-0.25, -0.2) is 0 Å². The standard InChI is InChI=1S/C20H19N3O7/c1-12(24)14-6-8-16(9-7-14)22-19(26)13(2)30-18(25)11-21-20(27)15-4-3-5-17(10-15)23(28)29/h3-10,13H,11H2,1-2H3,(H,21,27)(H,22,26)/t13-/m1/s1. The zero-order valence-electron chi connectivity index (χ0n) is 16.2. The Morgan fingerprint density at radius 2 is 1.73 bits per heavy atom. The number of ether oxygens (including phenoxy) is 1. The quantitative estimate of drug-likeness (QED) is 0.292. The van der Waals surface area contributed by atoms with Gasteiger partial charge in [0.05, 0.1) is 4.92 Å². The van der Waals surface area contributed by atoms with Gasteiger partial charge in [0.25, 0.3) is 17.5 Å². The maximum absolute atomic E-state index is 12.1. The fraction of sp³-hybridized carbons (Fsp3) is 0.200. The van der Waals surface area contributed by atoms with E-state index in [1.165, 1.54) is 32.0 Å². The summed E-state index contributed by atoms with van der Waals surface area (Å²) < 4.78 is 4.97. The molecule has 0 aliphatic rings. The summed E-state index contributed by atoms with van der Waals surface area (Å²) in [4.78, 5) is 57.4. The van der Waals surface area contributed by atoms with E-state index in [9.17, 15) is 29.3 Å². The van der Waals surface area contributed by atoms with Crippen LogP contribution in [0.4, 0.5) is 11.4 Å². The van der Waals surface area contributed by atoms with Gasteiger partial charge in [0.1, 0.15) is 6.54 Å². The van der Waals surface area contributed by atoms with Gasteiger partial charge in [-0.1, -0.05) is 6.07 Å². The summed E-state index contributed by atoms with van der Waals surface area (Å²) in [6, 6.07) is 11.2. The van der Waals surface area contributed by atoms with Gasteiger partial charge in [-0.15, -0.1) is 0 Å². The first kappa shape index (κ1) is 22.2. The molecule has 1 atom stereocenters. The lowest BCUT2D eigenvalue weighted by molar-refractivity contribution is -0.384. The Morgan fingerprint density at radius 3 is 2.33 bits per heavy atom. The smallest absolute Gasteiger partial charge is 0.326 e. The molecule has 0 heterocycles. The third-order valence-electron chi connectivity index (χ3n) is 3.95. The second-order valence-electron chi connectivity index (χ2n) is 6.24. The maximum atomic E-state index is 12.1. The molecule has 0 radical (unpaired) electrons. The molecule has 0 spiro atoms. The molecule has 2 N–H and O–H groups in total. The number of hydrogen-bond donors (Lipinski definition) is 2. The summed E-state index contributed by atoms with van der Waals surface area (Å²) in [7, 11) is 0. The van der Waals surface area contributed by atoms with Crippen molar-refractivity contribution in [2.75, 3.05) is 11.9 Å². The van der Waals surface area contributed by atoms with E-state index in [0.717, 1.165) is 6.07 Å². The number of rotatable bonds is 8. The summed E-state index contributed by atoms with van der Waals surface area (Å²) >= 11 is 0. The van der Waals surface area contributed by atoms with Crippen LogP contribution in [0.3, 0.4) is 0 Å². The van der Waals surface area contributed by atoms with Crippen molar-refractivity contribution in [2.24, 2.45) is 0 Å². The van der Waals surface area contributed by atoms with Gasteiger partial charge >= 0.3 is 5.97 Å². The first-order valence-corrected chi connectivity index (χ1v) is 8.81. The van der Waals surface area contributed by atoms with Gasteiger partial charge in [-0.3, -0.25) is 29.3 Å². The van der Waals surface area contributed by atoms with Gasteiger partial charge in [0.2, 0.25) is 0 Å². The highest BCUT2D eigenvalue weighted by molar-refractivity contribution is 5.98. The molecule has 0 aliphatic heterocycles. The van der Waals surface area contributed by atoms with Crippen molar-refractivity contribution >= 4 is 34.9 Å². The minimum Gasteiger partial charge on any atom is -0.451 e. The molecule has 0 unspecified atom stereocenters. The predicted molar refractivity (Wildman–Crippen MR) is 106 cm³/mol. The number of anilines is 1. The molecule has 10 heteroatoms. The van der Waals surface area contributed by atoms with Crippen molar-refractivity contribution in [2.45, 2.75) is 20.0 Å². The van der Waals surface area contributed by atoms with E-state index >= 15 is 0 Å². The van der Waals surface area contributed by atoms with Gasteiger partial charge in [0, 0.05) is 28.9 Å². The molecule has 0 bridgehead atoms. The fourth-order valence-electron chi connectivity index (χ4n) is 2.34. The Bertz CT molecular complexity index is 986. The number of ketones is 1. The number of nitro benzene ring substituents is 1. The minimum atomic E-state index is -1.14. The molecule has 0 aromatic heterocycles. The van der Waals surface area contributed by atoms with Crippen LogP contribution in [0.2, 0.25) is 0 Å². The van der Waals surface area contributed by atoms with Crippen LogP contribution in [0, 0.1) is 10.1 Å². The van der Waals surface area contributed by atoms with Crippen LogP contribution >= 0.6 is 0 Å². The molecule has 10 nitrogen and oxygen atoms in total.